The van der Waals surface area contributed by atoms with Crippen molar-refractivity contribution in [2.24, 2.45) is 5.73 Å². The molecule has 0 saturated carbocycles. The third kappa shape index (κ3) is 4.54. The molecule has 0 amide bonds. The lowest BCUT2D eigenvalue weighted by Crippen LogP contribution is -2.01. The average molecular weight is 206 g/mol. The molecule has 0 radical (unpaired) electrons. The molecule has 1 rings (SSSR count). The van der Waals surface area contributed by atoms with Gasteiger partial charge >= 0.3 is 0 Å². The number of thioether (sulfide) groups is 1. The molecule has 0 aliphatic rings. The maximum absolute atomic E-state index is 5.34. The smallest absolute Gasteiger partial charge is 0.0685 e. The van der Waals surface area contributed by atoms with Gasteiger partial charge in [0, 0.05) is 36.6 Å². The maximum atomic E-state index is 5.34. The summed E-state index contributed by atoms with van der Waals surface area (Å²) in [7, 11) is 0. The van der Waals surface area contributed by atoms with Crippen LogP contribution in [0, 0.1) is 0 Å². The molecule has 1 aromatic rings. The van der Waals surface area contributed by atoms with Gasteiger partial charge < -0.3 is 5.73 Å². The maximum Gasteiger partial charge on any atom is 0.0685 e. The molecular formula is C7H12ClN3S. The van der Waals surface area contributed by atoms with E-state index in [1.165, 1.54) is 0 Å². The Hall–Kier alpha value is -0.320. The summed E-state index contributed by atoms with van der Waals surface area (Å²) in [5, 5.41) is 0. The Morgan fingerprint density at radius 2 is 2.25 bits per heavy atom. The van der Waals surface area contributed by atoms with E-state index in [4.69, 9.17) is 5.73 Å². The fourth-order valence-corrected chi connectivity index (χ4v) is 1.33. The van der Waals surface area contributed by atoms with Crippen molar-refractivity contribution in [2.45, 2.75) is 5.75 Å². The van der Waals surface area contributed by atoms with E-state index < -0.39 is 0 Å². The van der Waals surface area contributed by atoms with Gasteiger partial charge in [0.15, 0.2) is 0 Å². The van der Waals surface area contributed by atoms with Gasteiger partial charge in [0.05, 0.1) is 5.69 Å². The molecule has 0 saturated heterocycles. The average Bonchev–Trinajstić information content (AvgIpc) is 2.07. The van der Waals surface area contributed by atoms with E-state index in [-0.39, 0.29) is 12.4 Å². The Kier molecular flexibility index (Phi) is 7.14. The standard InChI is InChI=1S/C7H11N3S.ClH/c8-1-4-11-6-7-5-9-2-3-10-7;/h2-3,5H,1,4,6,8H2;1H. The molecular weight excluding hydrogens is 194 g/mol. The van der Waals surface area contributed by atoms with Gasteiger partial charge in [-0.3, -0.25) is 9.97 Å². The second-order valence-electron chi connectivity index (χ2n) is 2.04. The summed E-state index contributed by atoms with van der Waals surface area (Å²) >= 11 is 1.78. The molecule has 3 nitrogen and oxygen atoms in total. The van der Waals surface area contributed by atoms with Gasteiger partial charge in [-0.05, 0) is 0 Å². The lowest BCUT2D eigenvalue weighted by Gasteiger charge is -1.96. The van der Waals surface area contributed by atoms with E-state index >= 15 is 0 Å². The van der Waals surface area contributed by atoms with Gasteiger partial charge in [-0.2, -0.15) is 11.8 Å². The molecule has 0 aliphatic heterocycles. The van der Waals surface area contributed by atoms with E-state index in [0.717, 1.165) is 23.7 Å². The first-order valence-corrected chi connectivity index (χ1v) is 4.61. The molecule has 5 heteroatoms. The first-order valence-electron chi connectivity index (χ1n) is 3.46. The number of hydrogen-bond acceptors (Lipinski definition) is 4. The summed E-state index contributed by atoms with van der Waals surface area (Å²) in [6, 6.07) is 0. The zero-order valence-corrected chi connectivity index (χ0v) is 8.27. The Morgan fingerprint density at radius 1 is 1.42 bits per heavy atom. The van der Waals surface area contributed by atoms with Crippen molar-refractivity contribution >= 4 is 24.2 Å². The number of hydrogen-bond donors (Lipinski definition) is 1. The van der Waals surface area contributed by atoms with Crippen LogP contribution in [-0.4, -0.2) is 22.3 Å². The molecule has 0 fully saturated rings. The number of rotatable bonds is 4. The molecule has 2 N–H and O–H groups in total. The highest BCUT2D eigenvalue weighted by molar-refractivity contribution is 7.98. The monoisotopic (exact) mass is 205 g/mol. The summed E-state index contributed by atoms with van der Waals surface area (Å²) in [6.45, 7) is 0.727. The summed E-state index contributed by atoms with van der Waals surface area (Å²) in [6.07, 6.45) is 5.17. The fraction of sp³-hybridized carbons (Fsp3) is 0.429. The zero-order valence-electron chi connectivity index (χ0n) is 6.64. The quantitative estimate of drug-likeness (QED) is 0.748. The molecule has 1 heterocycles. The van der Waals surface area contributed by atoms with Gasteiger partial charge in [0.1, 0.15) is 0 Å². The second kappa shape index (κ2) is 7.34. The van der Waals surface area contributed by atoms with Gasteiger partial charge in [-0.25, -0.2) is 0 Å². The fourth-order valence-electron chi connectivity index (χ4n) is 0.665. The van der Waals surface area contributed by atoms with E-state index in [9.17, 15) is 0 Å². The van der Waals surface area contributed by atoms with Gasteiger partial charge in [0.2, 0.25) is 0 Å². The number of nitrogens with zero attached hydrogens (tertiary/aromatic N) is 2. The molecule has 0 aromatic carbocycles. The number of aromatic nitrogens is 2. The Labute approximate surface area is 82.6 Å². The summed E-state index contributed by atoms with van der Waals surface area (Å²) < 4.78 is 0. The Bertz CT molecular complexity index is 195. The van der Waals surface area contributed by atoms with Crippen molar-refractivity contribution in [3.63, 3.8) is 0 Å². The summed E-state index contributed by atoms with van der Waals surface area (Å²) in [5.41, 5.74) is 6.36. The molecule has 0 aliphatic carbocycles. The Balaban J connectivity index is 0.00000121. The topological polar surface area (TPSA) is 51.8 Å². The van der Waals surface area contributed by atoms with Crippen LogP contribution in [0.25, 0.3) is 0 Å². The van der Waals surface area contributed by atoms with Crippen molar-refractivity contribution in [1.29, 1.82) is 0 Å². The van der Waals surface area contributed by atoms with E-state index in [1.54, 1.807) is 30.4 Å². The predicted octanol–water partition coefficient (Wildman–Crippen LogP) is 1.09. The molecule has 0 atom stereocenters. The van der Waals surface area contributed by atoms with Gasteiger partial charge in [-0.15, -0.1) is 12.4 Å². The molecule has 12 heavy (non-hydrogen) atoms. The second-order valence-corrected chi connectivity index (χ2v) is 3.14. The van der Waals surface area contributed by atoms with Crippen LogP contribution in [0.15, 0.2) is 18.6 Å². The molecule has 1 aromatic heterocycles. The first-order chi connectivity index (χ1) is 5.43. The summed E-state index contributed by atoms with van der Waals surface area (Å²) in [4.78, 5) is 8.08. The number of nitrogens with two attached hydrogens (primary N) is 1. The van der Waals surface area contributed by atoms with Crippen LogP contribution < -0.4 is 5.73 Å². The zero-order chi connectivity index (χ0) is 7.94. The molecule has 0 spiro atoms. The largest absolute Gasteiger partial charge is 0.330 e. The van der Waals surface area contributed by atoms with Crippen LogP contribution in [0.1, 0.15) is 5.69 Å². The minimum atomic E-state index is 0. The van der Waals surface area contributed by atoms with Crippen LogP contribution in [0.4, 0.5) is 0 Å². The van der Waals surface area contributed by atoms with Crippen molar-refractivity contribution < 1.29 is 0 Å². The predicted molar refractivity (Wildman–Crippen MR) is 54.5 cm³/mol. The highest BCUT2D eigenvalue weighted by Crippen LogP contribution is 2.06. The summed E-state index contributed by atoms with van der Waals surface area (Å²) in [5.74, 6) is 1.89. The SMILES string of the molecule is Cl.NCCSCc1cnccn1. The van der Waals surface area contributed by atoms with Crippen LogP contribution in [0.3, 0.4) is 0 Å². The van der Waals surface area contributed by atoms with Crippen molar-refractivity contribution in [1.82, 2.24) is 9.97 Å². The van der Waals surface area contributed by atoms with Crippen molar-refractivity contribution in [3.05, 3.63) is 24.3 Å². The van der Waals surface area contributed by atoms with Gasteiger partial charge in [0.25, 0.3) is 0 Å². The van der Waals surface area contributed by atoms with E-state index in [0.29, 0.717) is 0 Å². The van der Waals surface area contributed by atoms with Crippen molar-refractivity contribution in [2.75, 3.05) is 12.3 Å². The normalized spacial score (nSPS) is 9.08. The Morgan fingerprint density at radius 3 is 2.83 bits per heavy atom. The minimum absolute atomic E-state index is 0. The first kappa shape index (κ1) is 11.7. The van der Waals surface area contributed by atoms with E-state index in [1.807, 2.05) is 0 Å². The molecule has 68 valence electrons. The highest BCUT2D eigenvalue weighted by atomic mass is 35.5. The number of halogens is 1. The van der Waals surface area contributed by atoms with Gasteiger partial charge in [-0.1, -0.05) is 0 Å². The lowest BCUT2D eigenvalue weighted by molar-refractivity contribution is 1.09. The molecule has 0 bridgehead atoms. The van der Waals surface area contributed by atoms with E-state index in [2.05, 4.69) is 9.97 Å². The van der Waals surface area contributed by atoms with Crippen LogP contribution in [-0.2, 0) is 5.75 Å². The van der Waals surface area contributed by atoms with Crippen molar-refractivity contribution in [3.8, 4) is 0 Å². The van der Waals surface area contributed by atoms with Crippen LogP contribution in [0.5, 0.6) is 0 Å². The highest BCUT2D eigenvalue weighted by Gasteiger charge is 1.91. The van der Waals surface area contributed by atoms with Crippen LogP contribution in [0.2, 0.25) is 0 Å². The van der Waals surface area contributed by atoms with Crippen LogP contribution >= 0.6 is 24.2 Å². The molecule has 0 unspecified atom stereocenters. The third-order valence-electron chi connectivity index (χ3n) is 1.13. The minimum Gasteiger partial charge on any atom is -0.330 e. The lowest BCUT2D eigenvalue weighted by atomic mass is 10.5. The third-order valence-corrected chi connectivity index (χ3v) is 2.15.